The summed E-state index contributed by atoms with van der Waals surface area (Å²) in [5.74, 6) is 0.802. The van der Waals surface area contributed by atoms with E-state index in [1.165, 1.54) is 4.88 Å². The van der Waals surface area contributed by atoms with Crippen molar-refractivity contribution in [2.75, 3.05) is 13.1 Å². The van der Waals surface area contributed by atoms with Crippen molar-refractivity contribution in [2.45, 2.75) is 20.4 Å². The van der Waals surface area contributed by atoms with E-state index in [1.807, 2.05) is 6.07 Å². The molecule has 0 unspecified atom stereocenters. The van der Waals surface area contributed by atoms with Gasteiger partial charge in [0.2, 0.25) is 0 Å². The molecule has 0 atom stereocenters. The van der Waals surface area contributed by atoms with Gasteiger partial charge < -0.3 is 0 Å². The summed E-state index contributed by atoms with van der Waals surface area (Å²) in [5, 5.41) is 5.74. The van der Waals surface area contributed by atoms with Crippen LogP contribution in [0.1, 0.15) is 19.7 Å². The minimum atomic E-state index is 0.562. The standard InChI is InChI=1S/C15H16ClN3S2/c1-3-19(4-2)8-12-17-14(16)13-10(9-21-15(13)18-12)11-6-5-7-20-11/h5-7,9H,3-4,8H2,1-2H3. The summed E-state index contributed by atoms with van der Waals surface area (Å²) in [6, 6.07) is 4.15. The van der Waals surface area contributed by atoms with Crippen molar-refractivity contribution in [3.05, 3.63) is 33.9 Å². The monoisotopic (exact) mass is 337 g/mol. The van der Waals surface area contributed by atoms with Crippen LogP contribution in [0.25, 0.3) is 20.7 Å². The molecule has 0 spiro atoms. The minimum Gasteiger partial charge on any atom is -0.296 e. The number of aromatic nitrogens is 2. The van der Waals surface area contributed by atoms with Gasteiger partial charge >= 0.3 is 0 Å². The van der Waals surface area contributed by atoms with Crippen molar-refractivity contribution in [1.29, 1.82) is 0 Å². The molecule has 0 amide bonds. The fourth-order valence-corrected chi connectivity index (χ4v) is 4.40. The lowest BCUT2D eigenvalue weighted by Gasteiger charge is -2.16. The third-order valence-corrected chi connectivity index (χ3v) is 5.53. The van der Waals surface area contributed by atoms with Gasteiger partial charge in [0.25, 0.3) is 0 Å². The van der Waals surface area contributed by atoms with Crippen LogP contribution in [0.4, 0.5) is 0 Å². The molecule has 3 rings (SSSR count). The second-order valence-corrected chi connectivity index (χ2v) is 6.86. The Hall–Kier alpha value is -1.01. The highest BCUT2D eigenvalue weighted by Gasteiger charge is 2.15. The smallest absolute Gasteiger partial charge is 0.145 e. The number of rotatable bonds is 5. The summed E-state index contributed by atoms with van der Waals surface area (Å²) in [6.07, 6.45) is 0. The van der Waals surface area contributed by atoms with Gasteiger partial charge in [-0.15, -0.1) is 22.7 Å². The molecule has 3 aromatic rings. The summed E-state index contributed by atoms with van der Waals surface area (Å²) in [6.45, 7) is 7.00. The maximum absolute atomic E-state index is 6.44. The van der Waals surface area contributed by atoms with Crippen LogP contribution in [0.2, 0.25) is 5.15 Å². The number of hydrogen-bond acceptors (Lipinski definition) is 5. The topological polar surface area (TPSA) is 29.0 Å². The van der Waals surface area contributed by atoms with Gasteiger partial charge in [0.05, 0.1) is 11.9 Å². The van der Waals surface area contributed by atoms with Crippen molar-refractivity contribution < 1.29 is 0 Å². The minimum absolute atomic E-state index is 0.562. The molecule has 0 aliphatic rings. The van der Waals surface area contributed by atoms with Gasteiger partial charge in [-0.25, -0.2) is 9.97 Å². The van der Waals surface area contributed by atoms with Crippen molar-refractivity contribution >= 4 is 44.5 Å². The molecule has 0 aliphatic heterocycles. The third kappa shape index (κ3) is 2.97. The molecule has 0 saturated carbocycles. The fraction of sp³-hybridized carbons (Fsp3) is 0.333. The first-order chi connectivity index (χ1) is 10.2. The zero-order valence-corrected chi connectivity index (χ0v) is 14.4. The van der Waals surface area contributed by atoms with E-state index in [2.05, 4.69) is 45.5 Å². The molecule has 0 saturated heterocycles. The predicted octanol–water partition coefficient (Wildman–Crippen LogP) is 4.92. The maximum Gasteiger partial charge on any atom is 0.145 e. The van der Waals surface area contributed by atoms with Crippen LogP contribution < -0.4 is 0 Å². The number of fused-ring (bicyclic) bond motifs is 1. The maximum atomic E-state index is 6.44. The van der Waals surface area contributed by atoms with E-state index in [1.54, 1.807) is 22.7 Å². The highest BCUT2D eigenvalue weighted by Crippen LogP contribution is 2.38. The first-order valence-electron chi connectivity index (χ1n) is 6.92. The van der Waals surface area contributed by atoms with Gasteiger partial charge in [0.15, 0.2) is 0 Å². The summed E-state index contributed by atoms with van der Waals surface area (Å²) in [7, 11) is 0. The van der Waals surface area contributed by atoms with Crippen LogP contribution >= 0.6 is 34.3 Å². The molecule has 3 nitrogen and oxygen atoms in total. The van der Waals surface area contributed by atoms with E-state index in [-0.39, 0.29) is 0 Å². The molecule has 0 bridgehead atoms. The first-order valence-corrected chi connectivity index (χ1v) is 9.06. The SMILES string of the molecule is CCN(CC)Cc1nc(Cl)c2c(-c3cccs3)csc2n1. The fourth-order valence-electron chi connectivity index (χ4n) is 2.27. The Morgan fingerprint density at radius 1 is 1.19 bits per heavy atom. The zero-order valence-electron chi connectivity index (χ0n) is 12.0. The van der Waals surface area contributed by atoms with E-state index >= 15 is 0 Å². The lowest BCUT2D eigenvalue weighted by molar-refractivity contribution is 0.288. The van der Waals surface area contributed by atoms with Crippen LogP contribution in [0.15, 0.2) is 22.9 Å². The summed E-state index contributed by atoms with van der Waals surface area (Å²) < 4.78 is 0. The quantitative estimate of drug-likeness (QED) is 0.619. The Kier molecular flexibility index (Phi) is 4.54. The summed E-state index contributed by atoms with van der Waals surface area (Å²) in [4.78, 5) is 13.7. The van der Waals surface area contributed by atoms with Crippen molar-refractivity contribution in [1.82, 2.24) is 14.9 Å². The molecular formula is C15H16ClN3S2. The van der Waals surface area contributed by atoms with E-state index < -0.39 is 0 Å². The average molecular weight is 338 g/mol. The Morgan fingerprint density at radius 3 is 2.67 bits per heavy atom. The second kappa shape index (κ2) is 6.40. The van der Waals surface area contributed by atoms with E-state index in [0.717, 1.165) is 41.2 Å². The highest BCUT2D eigenvalue weighted by atomic mass is 35.5. The molecule has 3 heterocycles. The highest BCUT2D eigenvalue weighted by molar-refractivity contribution is 7.18. The predicted molar refractivity (Wildman–Crippen MR) is 92.4 cm³/mol. The zero-order chi connectivity index (χ0) is 14.8. The third-order valence-electron chi connectivity index (χ3n) is 3.48. The molecule has 21 heavy (non-hydrogen) atoms. The van der Waals surface area contributed by atoms with Gasteiger partial charge in [-0.2, -0.15) is 0 Å². The largest absolute Gasteiger partial charge is 0.296 e. The molecule has 6 heteroatoms. The van der Waals surface area contributed by atoms with Crippen LogP contribution in [0.5, 0.6) is 0 Å². The van der Waals surface area contributed by atoms with Crippen molar-refractivity contribution in [3.63, 3.8) is 0 Å². The lowest BCUT2D eigenvalue weighted by Crippen LogP contribution is -2.23. The lowest BCUT2D eigenvalue weighted by atomic mass is 10.2. The normalized spacial score (nSPS) is 11.6. The van der Waals surface area contributed by atoms with E-state index in [0.29, 0.717) is 5.15 Å². The first kappa shape index (κ1) is 14.9. The Labute approximate surface area is 137 Å². The number of thiophene rings is 2. The molecule has 0 radical (unpaired) electrons. The molecule has 0 fully saturated rings. The second-order valence-electron chi connectivity index (χ2n) is 4.70. The molecular weight excluding hydrogens is 322 g/mol. The molecule has 0 aromatic carbocycles. The Bertz CT molecular complexity index is 733. The van der Waals surface area contributed by atoms with Gasteiger partial charge in [-0.05, 0) is 24.5 Å². The van der Waals surface area contributed by atoms with Crippen molar-refractivity contribution in [2.24, 2.45) is 0 Å². The van der Waals surface area contributed by atoms with E-state index in [4.69, 9.17) is 11.6 Å². The molecule has 110 valence electrons. The van der Waals surface area contributed by atoms with Gasteiger partial charge in [0.1, 0.15) is 15.8 Å². The molecule has 3 aromatic heterocycles. The summed E-state index contributed by atoms with van der Waals surface area (Å²) >= 11 is 9.78. The average Bonchev–Trinajstić information content (AvgIpc) is 3.13. The van der Waals surface area contributed by atoms with Gasteiger partial charge in [-0.1, -0.05) is 31.5 Å². The number of nitrogens with zero attached hydrogens (tertiary/aromatic N) is 3. The van der Waals surface area contributed by atoms with Crippen molar-refractivity contribution in [3.8, 4) is 10.4 Å². The van der Waals surface area contributed by atoms with Crippen LogP contribution in [-0.4, -0.2) is 28.0 Å². The Balaban J connectivity index is 2.02. The van der Waals surface area contributed by atoms with Crippen LogP contribution in [0, 0.1) is 0 Å². The van der Waals surface area contributed by atoms with Gasteiger partial charge in [0, 0.05) is 15.8 Å². The Morgan fingerprint density at radius 2 is 2.00 bits per heavy atom. The molecule has 0 aliphatic carbocycles. The number of hydrogen-bond donors (Lipinski definition) is 0. The number of halogens is 1. The van der Waals surface area contributed by atoms with Crippen LogP contribution in [-0.2, 0) is 6.54 Å². The van der Waals surface area contributed by atoms with E-state index in [9.17, 15) is 0 Å². The summed E-state index contributed by atoms with van der Waals surface area (Å²) in [5.41, 5.74) is 1.14. The molecule has 0 N–H and O–H groups in total. The van der Waals surface area contributed by atoms with Gasteiger partial charge in [-0.3, -0.25) is 4.90 Å². The van der Waals surface area contributed by atoms with Crippen LogP contribution in [0.3, 0.4) is 0 Å².